The Morgan fingerprint density at radius 3 is 2.19 bits per heavy atom. The zero-order valence-corrected chi connectivity index (χ0v) is 15.4. The molecule has 0 atom stereocenters. The molecule has 0 radical (unpaired) electrons. The maximum Gasteiger partial charge on any atom is 0.337 e. The molecule has 1 aromatic carbocycles. The van der Waals surface area contributed by atoms with E-state index in [1.54, 1.807) is 11.8 Å². The number of hydrogen-bond acceptors (Lipinski definition) is 4. The van der Waals surface area contributed by atoms with Gasteiger partial charge in [-0.25, -0.2) is 9.78 Å². The standard InChI is InChI=1S/C21H22N2O4/c1-13-3-5-15(6-4-13)19(24)16-9-11-23(12-10-16)20(25)18-8-7-17(21(26)27)14(2)22-18/h3-8,16H,9-12H2,1-2H3,(H,26,27). The molecule has 1 aliphatic heterocycles. The van der Waals surface area contributed by atoms with Gasteiger partial charge in [-0.2, -0.15) is 0 Å². The first kappa shape index (κ1) is 18.8. The van der Waals surface area contributed by atoms with Crippen LogP contribution in [0.15, 0.2) is 36.4 Å². The highest BCUT2D eigenvalue weighted by Crippen LogP contribution is 2.23. The van der Waals surface area contributed by atoms with Crippen LogP contribution in [0.2, 0.25) is 0 Å². The van der Waals surface area contributed by atoms with Crippen molar-refractivity contribution in [1.29, 1.82) is 0 Å². The van der Waals surface area contributed by atoms with Gasteiger partial charge in [-0.1, -0.05) is 29.8 Å². The minimum Gasteiger partial charge on any atom is -0.478 e. The number of likely N-dealkylation sites (tertiary alicyclic amines) is 1. The Kier molecular flexibility index (Phi) is 5.35. The second-order valence-corrected chi connectivity index (χ2v) is 6.93. The summed E-state index contributed by atoms with van der Waals surface area (Å²) in [5, 5.41) is 9.07. The molecular formula is C21H22N2O4. The van der Waals surface area contributed by atoms with E-state index in [-0.39, 0.29) is 28.9 Å². The van der Waals surface area contributed by atoms with Crippen LogP contribution in [0.3, 0.4) is 0 Å². The molecule has 1 aliphatic rings. The lowest BCUT2D eigenvalue weighted by Crippen LogP contribution is -2.40. The first-order valence-corrected chi connectivity index (χ1v) is 8.98. The number of ketones is 1. The number of aryl methyl sites for hydroxylation is 2. The summed E-state index contributed by atoms with van der Waals surface area (Å²) in [6, 6.07) is 10.4. The second-order valence-electron chi connectivity index (χ2n) is 6.93. The third-order valence-corrected chi connectivity index (χ3v) is 5.02. The van der Waals surface area contributed by atoms with Gasteiger partial charge in [-0.15, -0.1) is 0 Å². The SMILES string of the molecule is Cc1ccc(C(=O)C2CCN(C(=O)c3ccc(C(=O)O)c(C)n3)CC2)cc1. The van der Waals surface area contributed by atoms with Crippen LogP contribution in [-0.4, -0.2) is 45.7 Å². The molecule has 0 aliphatic carbocycles. The highest BCUT2D eigenvalue weighted by Gasteiger charge is 2.29. The van der Waals surface area contributed by atoms with E-state index in [0.717, 1.165) is 5.56 Å². The van der Waals surface area contributed by atoms with Crippen LogP contribution in [0.4, 0.5) is 0 Å². The Labute approximate surface area is 157 Å². The number of carboxylic acids is 1. The largest absolute Gasteiger partial charge is 0.478 e. The van der Waals surface area contributed by atoms with Gasteiger partial charge in [-0.3, -0.25) is 9.59 Å². The van der Waals surface area contributed by atoms with Gasteiger partial charge >= 0.3 is 5.97 Å². The fraction of sp³-hybridized carbons (Fsp3) is 0.333. The number of hydrogen-bond donors (Lipinski definition) is 1. The molecular weight excluding hydrogens is 344 g/mol. The van der Waals surface area contributed by atoms with Crippen LogP contribution in [0.1, 0.15) is 55.3 Å². The average Bonchev–Trinajstić information content (AvgIpc) is 2.67. The van der Waals surface area contributed by atoms with Crippen molar-refractivity contribution >= 4 is 17.7 Å². The number of Topliss-reactive ketones (excluding diaryl/α,β-unsaturated/α-hetero) is 1. The topological polar surface area (TPSA) is 87.6 Å². The van der Waals surface area contributed by atoms with Gasteiger partial charge in [0.2, 0.25) is 0 Å². The summed E-state index contributed by atoms with van der Waals surface area (Å²) in [6.07, 6.45) is 1.23. The average molecular weight is 366 g/mol. The number of carboxylic acid groups (broad SMARTS) is 1. The molecule has 1 amide bonds. The summed E-state index contributed by atoms with van der Waals surface area (Å²) in [5.74, 6) is -1.24. The van der Waals surface area contributed by atoms with Crippen molar-refractivity contribution in [2.24, 2.45) is 5.92 Å². The predicted octanol–water partition coefficient (Wildman–Crippen LogP) is 3.13. The van der Waals surface area contributed by atoms with Crippen LogP contribution in [-0.2, 0) is 0 Å². The van der Waals surface area contributed by atoms with Gasteiger partial charge in [0.1, 0.15) is 5.69 Å². The van der Waals surface area contributed by atoms with E-state index in [1.807, 2.05) is 31.2 Å². The molecule has 0 bridgehead atoms. The smallest absolute Gasteiger partial charge is 0.337 e. The van der Waals surface area contributed by atoms with Crippen molar-refractivity contribution in [2.45, 2.75) is 26.7 Å². The Balaban J connectivity index is 1.64. The first-order chi connectivity index (χ1) is 12.9. The van der Waals surface area contributed by atoms with E-state index >= 15 is 0 Å². The number of amides is 1. The maximum absolute atomic E-state index is 12.6. The minimum absolute atomic E-state index is 0.0826. The highest BCUT2D eigenvalue weighted by atomic mass is 16.4. The van der Waals surface area contributed by atoms with Crippen molar-refractivity contribution in [3.05, 3.63) is 64.5 Å². The Hall–Kier alpha value is -3.02. The van der Waals surface area contributed by atoms with Crippen molar-refractivity contribution < 1.29 is 19.5 Å². The molecule has 2 heterocycles. The van der Waals surface area contributed by atoms with Crippen molar-refractivity contribution in [2.75, 3.05) is 13.1 Å². The molecule has 6 heteroatoms. The number of carbonyl (C=O) groups is 3. The number of nitrogens with zero attached hydrogens (tertiary/aromatic N) is 2. The van der Waals surface area contributed by atoms with Gasteiger partial charge in [-0.05, 0) is 38.8 Å². The third kappa shape index (κ3) is 4.05. The fourth-order valence-corrected chi connectivity index (χ4v) is 3.37. The van der Waals surface area contributed by atoms with Gasteiger partial charge in [0.15, 0.2) is 5.78 Å². The molecule has 0 unspecified atom stereocenters. The Morgan fingerprint density at radius 1 is 1.00 bits per heavy atom. The van der Waals surface area contributed by atoms with Crippen LogP contribution in [0.25, 0.3) is 0 Å². The van der Waals surface area contributed by atoms with E-state index in [9.17, 15) is 14.4 Å². The number of aromatic nitrogens is 1. The molecule has 1 N–H and O–H groups in total. The van der Waals surface area contributed by atoms with Crippen LogP contribution in [0.5, 0.6) is 0 Å². The van der Waals surface area contributed by atoms with Gasteiger partial charge in [0.25, 0.3) is 5.91 Å². The fourth-order valence-electron chi connectivity index (χ4n) is 3.37. The second kappa shape index (κ2) is 7.70. The lowest BCUT2D eigenvalue weighted by molar-refractivity contribution is 0.0643. The molecule has 27 heavy (non-hydrogen) atoms. The van der Waals surface area contributed by atoms with E-state index in [4.69, 9.17) is 5.11 Å². The quantitative estimate of drug-likeness (QED) is 0.840. The third-order valence-electron chi connectivity index (χ3n) is 5.02. The highest BCUT2D eigenvalue weighted by molar-refractivity contribution is 5.98. The zero-order chi connectivity index (χ0) is 19.6. The molecule has 6 nitrogen and oxygen atoms in total. The molecule has 3 rings (SSSR count). The number of pyridine rings is 1. The van der Waals surface area contributed by atoms with Gasteiger partial charge in [0, 0.05) is 24.6 Å². The summed E-state index contributed by atoms with van der Waals surface area (Å²) in [6.45, 7) is 4.54. The predicted molar refractivity (Wildman–Crippen MR) is 100 cm³/mol. The van der Waals surface area contributed by atoms with Crippen molar-refractivity contribution in [3.8, 4) is 0 Å². The maximum atomic E-state index is 12.6. The van der Waals surface area contributed by atoms with E-state index in [2.05, 4.69) is 4.98 Å². The summed E-state index contributed by atoms with van der Waals surface area (Å²) in [7, 11) is 0. The molecule has 1 fully saturated rings. The number of rotatable bonds is 4. The zero-order valence-electron chi connectivity index (χ0n) is 15.4. The van der Waals surface area contributed by atoms with Crippen LogP contribution < -0.4 is 0 Å². The molecule has 1 aromatic heterocycles. The Morgan fingerprint density at radius 2 is 1.63 bits per heavy atom. The molecule has 2 aromatic rings. The molecule has 0 spiro atoms. The number of aromatic carboxylic acids is 1. The summed E-state index contributed by atoms with van der Waals surface area (Å²) < 4.78 is 0. The van der Waals surface area contributed by atoms with Crippen LogP contribution in [0, 0.1) is 19.8 Å². The van der Waals surface area contributed by atoms with Crippen molar-refractivity contribution in [1.82, 2.24) is 9.88 Å². The van der Waals surface area contributed by atoms with E-state index < -0.39 is 5.97 Å². The summed E-state index contributed by atoms with van der Waals surface area (Å²) in [4.78, 5) is 42.2. The monoisotopic (exact) mass is 366 g/mol. The van der Waals surface area contributed by atoms with Crippen molar-refractivity contribution in [3.63, 3.8) is 0 Å². The summed E-state index contributed by atoms with van der Waals surface area (Å²) >= 11 is 0. The van der Waals surface area contributed by atoms with E-state index in [0.29, 0.717) is 37.2 Å². The first-order valence-electron chi connectivity index (χ1n) is 8.98. The number of piperidine rings is 1. The molecule has 1 saturated heterocycles. The lowest BCUT2D eigenvalue weighted by atomic mass is 9.88. The van der Waals surface area contributed by atoms with E-state index in [1.165, 1.54) is 12.1 Å². The Bertz CT molecular complexity index is 882. The van der Waals surface area contributed by atoms with Gasteiger partial charge < -0.3 is 10.0 Å². The minimum atomic E-state index is -1.06. The van der Waals surface area contributed by atoms with Gasteiger partial charge in [0.05, 0.1) is 11.3 Å². The number of carbonyl (C=O) groups excluding carboxylic acids is 2. The number of benzene rings is 1. The molecule has 140 valence electrons. The normalized spacial score (nSPS) is 14.8. The van der Waals surface area contributed by atoms with Crippen LogP contribution >= 0.6 is 0 Å². The molecule has 0 saturated carbocycles. The summed E-state index contributed by atoms with van der Waals surface area (Å²) in [5.41, 5.74) is 2.48. The lowest BCUT2D eigenvalue weighted by Gasteiger charge is -2.31.